The zero-order valence-electron chi connectivity index (χ0n) is 12.0. The molecule has 0 aliphatic heterocycles. The molecule has 1 aromatic heterocycles. The molecule has 7 nitrogen and oxygen atoms in total. The minimum Gasteiger partial charge on any atom is -0.465 e. The highest BCUT2D eigenvalue weighted by molar-refractivity contribution is 7.88. The maximum Gasteiger partial charge on any atom is 0.315 e. The molecule has 1 heterocycles. The van der Waals surface area contributed by atoms with Crippen LogP contribution in [0.25, 0.3) is 0 Å². The molecule has 0 radical (unpaired) electrons. The van der Waals surface area contributed by atoms with Crippen LogP contribution >= 0.6 is 11.3 Å². The van der Waals surface area contributed by atoms with Crippen molar-refractivity contribution in [1.29, 1.82) is 0 Å². The third-order valence-electron chi connectivity index (χ3n) is 3.05. The average molecular weight is 333 g/mol. The summed E-state index contributed by atoms with van der Waals surface area (Å²) in [5.74, 6) is -0.479. The fourth-order valence-electron chi connectivity index (χ4n) is 2.18. The van der Waals surface area contributed by atoms with E-state index in [2.05, 4.69) is 15.0 Å². The molecule has 2 N–H and O–H groups in total. The Balaban J connectivity index is 1.91. The van der Waals surface area contributed by atoms with Gasteiger partial charge < -0.3 is 10.1 Å². The summed E-state index contributed by atoms with van der Waals surface area (Å²) < 4.78 is 29.3. The van der Waals surface area contributed by atoms with Crippen LogP contribution in [0.15, 0.2) is 0 Å². The Hall–Kier alpha value is -1.19. The monoisotopic (exact) mass is 333 g/mol. The van der Waals surface area contributed by atoms with E-state index in [1.807, 2.05) is 0 Å². The van der Waals surface area contributed by atoms with E-state index < -0.39 is 10.0 Å². The number of rotatable bonds is 7. The molecule has 0 fully saturated rings. The van der Waals surface area contributed by atoms with Gasteiger partial charge in [-0.2, -0.15) is 0 Å². The van der Waals surface area contributed by atoms with E-state index in [0.717, 1.165) is 29.7 Å². The molecule has 1 aliphatic rings. The number of ether oxygens (including phenoxy) is 1. The SMILES string of the molecule is CCOC(=O)C1CCc2sc(NCCNS(C)(=O)=O)nc21. The standard InChI is InChI=1S/C12H19N3O4S2/c1-3-19-11(16)8-4-5-9-10(8)15-12(20-9)13-6-7-14-21(2,17)18/h8,14H,3-7H2,1-2H3,(H,13,15). The van der Waals surface area contributed by atoms with Gasteiger partial charge in [0.25, 0.3) is 0 Å². The zero-order valence-corrected chi connectivity index (χ0v) is 13.6. The van der Waals surface area contributed by atoms with E-state index in [0.29, 0.717) is 24.8 Å². The van der Waals surface area contributed by atoms with Crippen molar-refractivity contribution < 1.29 is 17.9 Å². The van der Waals surface area contributed by atoms with E-state index in [1.165, 1.54) is 11.3 Å². The van der Waals surface area contributed by atoms with Crippen LogP contribution in [0.2, 0.25) is 0 Å². The second-order valence-electron chi connectivity index (χ2n) is 4.76. The maximum absolute atomic E-state index is 11.8. The van der Waals surface area contributed by atoms with E-state index in [4.69, 9.17) is 4.74 Å². The van der Waals surface area contributed by atoms with Gasteiger partial charge in [-0.3, -0.25) is 4.79 Å². The molecule has 1 atom stereocenters. The van der Waals surface area contributed by atoms with Crippen LogP contribution in [0.1, 0.15) is 29.8 Å². The topological polar surface area (TPSA) is 97.4 Å². The van der Waals surface area contributed by atoms with E-state index >= 15 is 0 Å². The molecular formula is C12H19N3O4S2. The Labute approximate surface area is 128 Å². The highest BCUT2D eigenvalue weighted by atomic mass is 32.2. The van der Waals surface area contributed by atoms with E-state index in [9.17, 15) is 13.2 Å². The summed E-state index contributed by atoms with van der Waals surface area (Å²) >= 11 is 1.51. The number of hydrogen-bond donors (Lipinski definition) is 2. The van der Waals surface area contributed by atoms with Gasteiger partial charge in [-0.25, -0.2) is 18.1 Å². The highest BCUT2D eigenvalue weighted by Crippen LogP contribution is 2.38. The number of carbonyl (C=O) groups excluding carboxylic acids is 1. The summed E-state index contributed by atoms with van der Waals surface area (Å²) in [6, 6.07) is 0. The Bertz CT molecular complexity index is 612. The Morgan fingerprint density at radius 3 is 2.90 bits per heavy atom. The number of esters is 1. The molecule has 0 amide bonds. The summed E-state index contributed by atoms with van der Waals surface area (Å²) in [5, 5.41) is 3.78. The number of nitrogens with zero attached hydrogens (tertiary/aromatic N) is 1. The van der Waals surface area contributed by atoms with Crippen LogP contribution in [-0.2, 0) is 26.0 Å². The quantitative estimate of drug-likeness (QED) is 0.563. The first-order valence-electron chi connectivity index (χ1n) is 6.75. The largest absolute Gasteiger partial charge is 0.465 e. The van der Waals surface area contributed by atoms with Crippen molar-refractivity contribution in [2.75, 3.05) is 31.3 Å². The first kappa shape index (κ1) is 16.2. The summed E-state index contributed by atoms with van der Waals surface area (Å²) in [7, 11) is -3.17. The lowest BCUT2D eigenvalue weighted by Gasteiger charge is -2.08. The number of aromatic nitrogens is 1. The van der Waals surface area contributed by atoms with Gasteiger partial charge in [0.1, 0.15) is 5.92 Å². The van der Waals surface area contributed by atoms with Crippen LogP contribution in [0.5, 0.6) is 0 Å². The van der Waals surface area contributed by atoms with Crippen LogP contribution in [0.4, 0.5) is 5.13 Å². The average Bonchev–Trinajstić information content (AvgIpc) is 2.93. The number of hydrogen-bond acceptors (Lipinski definition) is 7. The second-order valence-corrected chi connectivity index (χ2v) is 7.68. The minimum absolute atomic E-state index is 0.216. The predicted octanol–water partition coefficient (Wildman–Crippen LogP) is 0.697. The summed E-state index contributed by atoms with van der Waals surface area (Å²) in [6.07, 6.45) is 2.71. The molecule has 118 valence electrons. The first-order chi connectivity index (χ1) is 9.90. The fourth-order valence-corrected chi connectivity index (χ4v) is 3.72. The van der Waals surface area contributed by atoms with Gasteiger partial charge in [0.2, 0.25) is 10.0 Å². The van der Waals surface area contributed by atoms with Crippen LogP contribution in [-0.4, -0.2) is 45.3 Å². The number of fused-ring (bicyclic) bond motifs is 1. The Morgan fingerprint density at radius 1 is 1.48 bits per heavy atom. The van der Waals surface area contributed by atoms with Gasteiger partial charge in [0.15, 0.2) is 5.13 Å². The van der Waals surface area contributed by atoms with Crippen molar-refractivity contribution in [3.8, 4) is 0 Å². The van der Waals surface area contributed by atoms with Crippen LogP contribution < -0.4 is 10.0 Å². The van der Waals surface area contributed by atoms with Gasteiger partial charge in [0, 0.05) is 18.0 Å². The minimum atomic E-state index is -3.17. The molecule has 1 aliphatic carbocycles. The van der Waals surface area contributed by atoms with Gasteiger partial charge in [-0.15, -0.1) is 11.3 Å². The van der Waals surface area contributed by atoms with Crippen molar-refractivity contribution in [2.45, 2.75) is 25.7 Å². The van der Waals surface area contributed by atoms with Gasteiger partial charge in [0.05, 0.1) is 18.6 Å². The molecule has 1 unspecified atom stereocenters. The molecule has 0 bridgehead atoms. The first-order valence-corrected chi connectivity index (χ1v) is 9.46. The Morgan fingerprint density at radius 2 is 2.24 bits per heavy atom. The highest BCUT2D eigenvalue weighted by Gasteiger charge is 2.33. The third-order valence-corrected chi connectivity index (χ3v) is 4.87. The van der Waals surface area contributed by atoms with Gasteiger partial charge >= 0.3 is 5.97 Å². The molecule has 21 heavy (non-hydrogen) atoms. The number of carbonyl (C=O) groups is 1. The summed E-state index contributed by atoms with van der Waals surface area (Å²) in [5.41, 5.74) is 0.803. The van der Waals surface area contributed by atoms with Crippen molar-refractivity contribution in [2.24, 2.45) is 0 Å². The number of anilines is 1. The maximum atomic E-state index is 11.8. The lowest BCUT2D eigenvalue weighted by molar-refractivity contribution is -0.145. The van der Waals surface area contributed by atoms with Gasteiger partial charge in [-0.1, -0.05) is 0 Å². The molecule has 0 saturated heterocycles. The smallest absolute Gasteiger partial charge is 0.315 e. The van der Waals surface area contributed by atoms with Crippen LogP contribution in [0, 0.1) is 0 Å². The molecule has 0 aromatic carbocycles. The van der Waals surface area contributed by atoms with Crippen molar-refractivity contribution in [1.82, 2.24) is 9.71 Å². The Kier molecular flexibility index (Phi) is 5.17. The molecule has 9 heteroatoms. The van der Waals surface area contributed by atoms with Crippen molar-refractivity contribution >= 4 is 32.5 Å². The van der Waals surface area contributed by atoms with E-state index in [-0.39, 0.29) is 11.9 Å². The van der Waals surface area contributed by atoms with E-state index in [1.54, 1.807) is 6.92 Å². The molecule has 1 aromatic rings. The number of nitrogens with one attached hydrogen (secondary N) is 2. The molecule has 0 spiro atoms. The number of aryl methyl sites for hydroxylation is 1. The fraction of sp³-hybridized carbons (Fsp3) is 0.667. The lowest BCUT2D eigenvalue weighted by Crippen LogP contribution is -2.27. The van der Waals surface area contributed by atoms with Gasteiger partial charge in [-0.05, 0) is 19.8 Å². The molecular weight excluding hydrogens is 314 g/mol. The predicted molar refractivity (Wildman–Crippen MR) is 81.1 cm³/mol. The number of thiazole rings is 1. The zero-order chi connectivity index (χ0) is 15.5. The molecule has 2 rings (SSSR count). The molecule has 0 saturated carbocycles. The second kappa shape index (κ2) is 6.71. The summed E-state index contributed by atoms with van der Waals surface area (Å²) in [6.45, 7) is 2.90. The number of sulfonamides is 1. The van der Waals surface area contributed by atoms with Crippen LogP contribution in [0.3, 0.4) is 0 Å². The van der Waals surface area contributed by atoms with Crippen molar-refractivity contribution in [3.63, 3.8) is 0 Å². The van der Waals surface area contributed by atoms with Crippen molar-refractivity contribution in [3.05, 3.63) is 10.6 Å². The normalized spacial score (nSPS) is 17.5. The lowest BCUT2D eigenvalue weighted by atomic mass is 10.1. The third kappa shape index (κ3) is 4.39. The summed E-state index contributed by atoms with van der Waals surface area (Å²) in [4.78, 5) is 17.4.